The van der Waals surface area contributed by atoms with Crippen molar-refractivity contribution in [3.63, 3.8) is 0 Å². The Morgan fingerprint density at radius 3 is 2.83 bits per heavy atom. The summed E-state index contributed by atoms with van der Waals surface area (Å²) in [7, 11) is 3.88. The molecule has 0 amide bonds. The summed E-state index contributed by atoms with van der Waals surface area (Å²) in [6.45, 7) is 2.03. The molecule has 0 bridgehead atoms. The molecule has 1 aliphatic heterocycles. The Kier molecular flexibility index (Phi) is 4.51. The van der Waals surface area contributed by atoms with Gasteiger partial charge in [-0.05, 0) is 43.8 Å². The van der Waals surface area contributed by atoms with Gasteiger partial charge in [-0.2, -0.15) is 11.8 Å². The zero-order valence-corrected chi connectivity index (χ0v) is 12.1. The van der Waals surface area contributed by atoms with Crippen LogP contribution in [0.5, 0.6) is 0 Å². The van der Waals surface area contributed by atoms with E-state index in [1.807, 2.05) is 44.9 Å². The number of nitrogens with zero attached hydrogens (tertiary/aromatic N) is 1. The molecule has 18 heavy (non-hydrogen) atoms. The Labute approximate surface area is 113 Å². The van der Waals surface area contributed by atoms with Gasteiger partial charge >= 0.3 is 0 Å². The zero-order chi connectivity index (χ0) is 13.1. The van der Waals surface area contributed by atoms with Crippen molar-refractivity contribution in [2.75, 3.05) is 30.5 Å². The largest absolute Gasteiger partial charge is 0.368 e. The third-order valence-corrected chi connectivity index (χ3v) is 4.88. The third-order valence-electron chi connectivity index (χ3n) is 3.74. The van der Waals surface area contributed by atoms with Gasteiger partial charge in [0.25, 0.3) is 0 Å². The highest BCUT2D eigenvalue weighted by Gasteiger charge is 2.22. The summed E-state index contributed by atoms with van der Waals surface area (Å²) in [6, 6.07) is 6.22. The maximum absolute atomic E-state index is 14.2. The average molecular weight is 268 g/mol. The lowest BCUT2D eigenvalue weighted by atomic mass is 10.1. The first-order chi connectivity index (χ1) is 8.63. The molecular formula is C14H21FN2S. The molecule has 1 fully saturated rings. The van der Waals surface area contributed by atoms with Crippen LogP contribution in [0.4, 0.5) is 10.1 Å². The van der Waals surface area contributed by atoms with Crippen LogP contribution in [0.2, 0.25) is 0 Å². The van der Waals surface area contributed by atoms with Crippen LogP contribution in [0, 0.1) is 5.82 Å². The van der Waals surface area contributed by atoms with Gasteiger partial charge in [0.1, 0.15) is 5.82 Å². The minimum atomic E-state index is -0.117. The predicted octanol–water partition coefficient (Wildman–Crippen LogP) is 3.05. The van der Waals surface area contributed by atoms with Crippen molar-refractivity contribution in [3.05, 3.63) is 29.6 Å². The second-order valence-corrected chi connectivity index (χ2v) is 6.00. The molecule has 1 aromatic carbocycles. The fraction of sp³-hybridized carbons (Fsp3) is 0.571. The molecule has 4 heteroatoms. The van der Waals surface area contributed by atoms with E-state index in [1.54, 1.807) is 6.07 Å². The first-order valence-corrected chi connectivity index (χ1v) is 7.56. The van der Waals surface area contributed by atoms with Crippen LogP contribution < -0.4 is 10.2 Å². The quantitative estimate of drug-likeness (QED) is 0.903. The van der Waals surface area contributed by atoms with Gasteiger partial charge in [-0.25, -0.2) is 4.39 Å². The van der Waals surface area contributed by atoms with Crippen LogP contribution in [-0.4, -0.2) is 31.6 Å². The molecule has 2 unspecified atom stereocenters. The number of thioether (sulfide) groups is 1. The summed E-state index contributed by atoms with van der Waals surface area (Å²) < 4.78 is 14.2. The Bertz CT molecular complexity index is 405. The molecule has 1 heterocycles. The summed E-state index contributed by atoms with van der Waals surface area (Å²) in [5, 5.41) is 3.13. The molecule has 2 rings (SSSR count). The molecule has 0 radical (unpaired) electrons. The summed E-state index contributed by atoms with van der Waals surface area (Å²) in [5.41, 5.74) is 1.71. The highest BCUT2D eigenvalue weighted by atomic mass is 32.2. The smallest absolute Gasteiger partial charge is 0.146 e. The first kappa shape index (κ1) is 13.7. The van der Waals surface area contributed by atoms with Crippen LogP contribution in [0.25, 0.3) is 0 Å². The van der Waals surface area contributed by atoms with Gasteiger partial charge < -0.3 is 10.2 Å². The lowest BCUT2D eigenvalue weighted by Gasteiger charge is -2.27. The van der Waals surface area contributed by atoms with Gasteiger partial charge in [0.05, 0.1) is 5.69 Å². The fourth-order valence-corrected chi connectivity index (χ4v) is 3.54. The van der Waals surface area contributed by atoms with Gasteiger partial charge in [0.15, 0.2) is 0 Å². The lowest BCUT2D eigenvalue weighted by molar-refractivity contribution is 0.594. The average Bonchev–Trinajstić information content (AvgIpc) is 2.90. The van der Waals surface area contributed by atoms with E-state index in [4.69, 9.17) is 0 Å². The van der Waals surface area contributed by atoms with Gasteiger partial charge in [-0.3, -0.25) is 0 Å². The minimum absolute atomic E-state index is 0.117. The number of nitrogens with one attached hydrogen (secondary N) is 1. The predicted molar refractivity (Wildman–Crippen MR) is 78.0 cm³/mol. The number of rotatable bonds is 4. The first-order valence-electron chi connectivity index (χ1n) is 6.40. The van der Waals surface area contributed by atoms with Crippen molar-refractivity contribution in [1.29, 1.82) is 0 Å². The Hall–Kier alpha value is -0.740. The molecule has 0 spiro atoms. The van der Waals surface area contributed by atoms with E-state index in [-0.39, 0.29) is 11.9 Å². The fourth-order valence-electron chi connectivity index (χ4n) is 2.27. The number of hydrogen-bond donors (Lipinski definition) is 1. The molecule has 1 saturated heterocycles. The molecule has 100 valence electrons. The Morgan fingerprint density at radius 2 is 2.28 bits per heavy atom. The van der Waals surface area contributed by atoms with Crippen molar-refractivity contribution in [3.8, 4) is 0 Å². The monoisotopic (exact) mass is 268 g/mol. The van der Waals surface area contributed by atoms with E-state index >= 15 is 0 Å². The highest BCUT2D eigenvalue weighted by Crippen LogP contribution is 2.29. The van der Waals surface area contributed by atoms with Crippen LogP contribution in [0.3, 0.4) is 0 Å². The van der Waals surface area contributed by atoms with Crippen molar-refractivity contribution in [2.45, 2.75) is 25.4 Å². The van der Waals surface area contributed by atoms with Crippen molar-refractivity contribution < 1.29 is 4.39 Å². The lowest BCUT2D eigenvalue weighted by Crippen LogP contribution is -2.32. The highest BCUT2D eigenvalue weighted by molar-refractivity contribution is 7.99. The van der Waals surface area contributed by atoms with Crippen molar-refractivity contribution in [1.82, 2.24) is 5.32 Å². The van der Waals surface area contributed by atoms with E-state index < -0.39 is 0 Å². The molecule has 1 aromatic rings. The number of benzene rings is 1. The van der Waals surface area contributed by atoms with Gasteiger partial charge in [-0.15, -0.1) is 0 Å². The van der Waals surface area contributed by atoms with E-state index in [1.165, 1.54) is 5.75 Å². The number of anilines is 1. The summed E-state index contributed by atoms with van der Waals surface area (Å²) in [5.74, 6) is 2.17. The van der Waals surface area contributed by atoms with E-state index in [9.17, 15) is 4.39 Å². The van der Waals surface area contributed by atoms with Crippen LogP contribution >= 0.6 is 11.8 Å². The molecule has 2 nitrogen and oxygen atoms in total. The number of hydrogen-bond acceptors (Lipinski definition) is 3. The van der Waals surface area contributed by atoms with Gasteiger partial charge in [0, 0.05) is 24.9 Å². The van der Waals surface area contributed by atoms with Crippen molar-refractivity contribution >= 4 is 17.4 Å². The number of halogens is 1. The minimum Gasteiger partial charge on any atom is -0.368 e. The maximum Gasteiger partial charge on any atom is 0.146 e. The molecular weight excluding hydrogens is 247 g/mol. The van der Waals surface area contributed by atoms with E-state index in [2.05, 4.69) is 10.2 Å². The second kappa shape index (κ2) is 5.93. The van der Waals surface area contributed by atoms with Gasteiger partial charge in [0.2, 0.25) is 0 Å². The van der Waals surface area contributed by atoms with Crippen molar-refractivity contribution in [2.24, 2.45) is 0 Å². The molecule has 1 aliphatic rings. The summed E-state index contributed by atoms with van der Waals surface area (Å²) >= 11 is 1.95. The zero-order valence-electron chi connectivity index (χ0n) is 11.2. The SMILES string of the molecule is CNC(C)c1ccc(N(C)C2CCSC2)c(F)c1. The van der Waals surface area contributed by atoms with Crippen LogP contribution in [0.1, 0.15) is 24.9 Å². The topological polar surface area (TPSA) is 15.3 Å². The molecule has 0 aliphatic carbocycles. The van der Waals surface area contributed by atoms with Crippen LogP contribution in [0.15, 0.2) is 18.2 Å². The molecule has 0 aromatic heterocycles. The Morgan fingerprint density at radius 1 is 1.50 bits per heavy atom. The van der Waals surface area contributed by atoms with E-state index in [0.717, 1.165) is 23.4 Å². The third kappa shape index (κ3) is 2.81. The Balaban J connectivity index is 2.18. The summed E-state index contributed by atoms with van der Waals surface area (Å²) in [6.07, 6.45) is 1.15. The molecule has 1 N–H and O–H groups in total. The maximum atomic E-state index is 14.2. The van der Waals surface area contributed by atoms with E-state index in [0.29, 0.717) is 6.04 Å². The second-order valence-electron chi connectivity index (χ2n) is 4.85. The standard InChI is InChI=1S/C14H21FN2S/c1-10(16-2)11-4-5-14(13(15)8-11)17(3)12-6-7-18-9-12/h4-5,8,10,12,16H,6-7,9H2,1-3H3. The van der Waals surface area contributed by atoms with Crippen LogP contribution in [-0.2, 0) is 0 Å². The molecule has 2 atom stereocenters. The normalized spacial score (nSPS) is 21.0. The van der Waals surface area contributed by atoms with Gasteiger partial charge in [-0.1, -0.05) is 6.07 Å². The summed E-state index contributed by atoms with van der Waals surface area (Å²) in [4.78, 5) is 2.09. The molecule has 0 saturated carbocycles.